The van der Waals surface area contributed by atoms with Crippen LogP contribution in [0.3, 0.4) is 0 Å². The molecule has 0 radical (unpaired) electrons. The van der Waals surface area contributed by atoms with E-state index in [0.717, 1.165) is 25.0 Å². The predicted molar refractivity (Wildman–Crippen MR) is 98.0 cm³/mol. The molecule has 1 aliphatic heterocycles. The van der Waals surface area contributed by atoms with Crippen molar-refractivity contribution in [2.45, 2.75) is 51.9 Å². The molecule has 5 heteroatoms. The Labute approximate surface area is 154 Å². The van der Waals surface area contributed by atoms with E-state index < -0.39 is 6.10 Å². The van der Waals surface area contributed by atoms with Crippen molar-refractivity contribution in [3.63, 3.8) is 0 Å². The average molecular weight is 356 g/mol. The van der Waals surface area contributed by atoms with Crippen LogP contribution < -0.4 is 5.32 Å². The maximum Gasteiger partial charge on any atom is 0.311 e. The molecular formula is C21H28N2O3. The number of aliphatic hydroxyl groups is 1. The quantitative estimate of drug-likeness (QED) is 0.640. The number of aliphatic hydroxyl groups excluding tert-OH is 1. The second-order valence-corrected chi connectivity index (χ2v) is 8.25. The minimum atomic E-state index is -0.545. The number of allylic oxidation sites excluding steroid dienone is 1. The first-order valence-corrected chi connectivity index (χ1v) is 9.70. The zero-order valence-electron chi connectivity index (χ0n) is 15.5. The van der Waals surface area contributed by atoms with E-state index in [4.69, 9.17) is 4.74 Å². The number of carbonyl (C=O) groups is 1. The van der Waals surface area contributed by atoms with Crippen LogP contribution in [0, 0.1) is 23.2 Å². The highest BCUT2D eigenvalue weighted by Crippen LogP contribution is 2.55. The minimum absolute atomic E-state index is 0.138. The third kappa shape index (κ3) is 2.78. The van der Waals surface area contributed by atoms with Crippen molar-refractivity contribution in [1.29, 1.82) is 0 Å². The van der Waals surface area contributed by atoms with Gasteiger partial charge in [0.15, 0.2) is 0 Å². The van der Waals surface area contributed by atoms with Gasteiger partial charge in [0.05, 0.1) is 17.7 Å². The molecule has 140 valence electrons. The number of nitrogens with zero attached hydrogens (tertiary/aromatic N) is 1. The molecule has 6 atom stereocenters. The van der Waals surface area contributed by atoms with Crippen LogP contribution in [0.5, 0.6) is 0 Å². The number of hydrogen-bond acceptors (Lipinski definition) is 5. The van der Waals surface area contributed by atoms with Crippen molar-refractivity contribution in [3.8, 4) is 0 Å². The minimum Gasteiger partial charge on any atom is -0.461 e. The summed E-state index contributed by atoms with van der Waals surface area (Å²) in [6.45, 7) is 5.52. The first kappa shape index (κ1) is 17.7. The summed E-state index contributed by atoms with van der Waals surface area (Å²) in [4.78, 5) is 16.8. The van der Waals surface area contributed by atoms with Crippen LogP contribution in [0.2, 0.25) is 0 Å². The second kappa shape index (κ2) is 6.78. The van der Waals surface area contributed by atoms with Crippen LogP contribution >= 0.6 is 0 Å². The van der Waals surface area contributed by atoms with Gasteiger partial charge in [0.25, 0.3) is 0 Å². The van der Waals surface area contributed by atoms with Gasteiger partial charge in [-0.05, 0) is 30.9 Å². The molecule has 0 spiro atoms. The number of pyridine rings is 1. The van der Waals surface area contributed by atoms with Crippen LogP contribution in [-0.4, -0.2) is 34.8 Å². The molecule has 0 amide bonds. The van der Waals surface area contributed by atoms with E-state index in [1.54, 1.807) is 6.20 Å². The van der Waals surface area contributed by atoms with Crippen LogP contribution in [0.25, 0.3) is 0 Å². The Morgan fingerprint density at radius 3 is 3.04 bits per heavy atom. The molecular weight excluding hydrogens is 328 g/mol. The molecule has 2 fully saturated rings. The third-order valence-electron chi connectivity index (χ3n) is 6.97. The zero-order chi connectivity index (χ0) is 18.3. The summed E-state index contributed by atoms with van der Waals surface area (Å²) in [5.41, 5.74) is 1.98. The van der Waals surface area contributed by atoms with Gasteiger partial charge in [-0.25, -0.2) is 0 Å². The predicted octanol–water partition coefficient (Wildman–Crippen LogP) is 2.46. The fourth-order valence-corrected chi connectivity index (χ4v) is 5.16. The molecule has 1 aromatic heterocycles. The average Bonchev–Trinajstić information content (AvgIpc) is 2.94. The summed E-state index contributed by atoms with van der Waals surface area (Å²) in [6, 6.07) is 5.80. The van der Waals surface area contributed by atoms with E-state index in [2.05, 4.69) is 30.2 Å². The molecule has 1 aromatic rings. The fourth-order valence-electron chi connectivity index (χ4n) is 5.16. The zero-order valence-corrected chi connectivity index (χ0v) is 15.5. The molecule has 2 N–H and O–H groups in total. The Kier molecular flexibility index (Phi) is 4.61. The van der Waals surface area contributed by atoms with Gasteiger partial charge >= 0.3 is 5.97 Å². The molecule has 3 aliphatic rings. The third-order valence-corrected chi connectivity index (χ3v) is 6.97. The van der Waals surface area contributed by atoms with Crippen LogP contribution in [0.1, 0.15) is 38.8 Å². The van der Waals surface area contributed by atoms with Gasteiger partial charge in [-0.2, -0.15) is 0 Å². The molecule has 5 nitrogen and oxygen atoms in total. The standard InChI is InChI=1S/C21H28N2O3/c1-13-6-5-7-14-10-17-18(19(24)21(13,14)2)16(20(25)26-17)12-22-11-15-8-3-4-9-23-15/h3-4,7-9,13,16-19,22,24H,5-6,10-12H2,1-2H3/t13-,16+,17-,18-,19+,21-/m1/s1. The van der Waals surface area contributed by atoms with Crippen molar-refractivity contribution < 1.29 is 14.6 Å². The monoisotopic (exact) mass is 356 g/mol. The Bertz CT molecular complexity index is 704. The number of hydrogen-bond donors (Lipinski definition) is 2. The summed E-state index contributed by atoms with van der Waals surface area (Å²) in [5, 5.41) is 14.6. The van der Waals surface area contributed by atoms with E-state index in [1.165, 1.54) is 5.57 Å². The van der Waals surface area contributed by atoms with Crippen LogP contribution in [0.4, 0.5) is 0 Å². The lowest BCUT2D eigenvalue weighted by atomic mass is 9.55. The number of nitrogens with one attached hydrogen (secondary N) is 1. The van der Waals surface area contributed by atoms with E-state index in [-0.39, 0.29) is 29.3 Å². The number of fused-ring (bicyclic) bond motifs is 2. The molecule has 1 saturated carbocycles. The summed E-state index contributed by atoms with van der Waals surface area (Å²) in [5.74, 6) is -0.202. The van der Waals surface area contributed by atoms with Crippen molar-refractivity contribution in [1.82, 2.24) is 10.3 Å². The van der Waals surface area contributed by atoms with Gasteiger partial charge in [0, 0.05) is 37.0 Å². The van der Waals surface area contributed by atoms with Crippen molar-refractivity contribution in [2.24, 2.45) is 23.2 Å². The molecule has 0 unspecified atom stereocenters. The summed E-state index contributed by atoms with van der Waals surface area (Å²) >= 11 is 0. The van der Waals surface area contributed by atoms with Crippen molar-refractivity contribution in [3.05, 3.63) is 41.7 Å². The molecule has 2 aliphatic carbocycles. The largest absolute Gasteiger partial charge is 0.461 e. The van der Waals surface area contributed by atoms with Gasteiger partial charge in [0.1, 0.15) is 6.10 Å². The summed E-state index contributed by atoms with van der Waals surface area (Å²) in [7, 11) is 0. The lowest BCUT2D eigenvalue weighted by molar-refractivity contribution is -0.144. The molecule has 4 rings (SSSR count). The van der Waals surface area contributed by atoms with Gasteiger partial charge in [-0.3, -0.25) is 9.78 Å². The topological polar surface area (TPSA) is 71.5 Å². The summed E-state index contributed by atoms with van der Waals surface area (Å²) < 4.78 is 5.68. The molecule has 2 heterocycles. The fraction of sp³-hybridized carbons (Fsp3) is 0.619. The molecule has 0 bridgehead atoms. The lowest BCUT2D eigenvalue weighted by Gasteiger charge is -2.51. The molecule has 26 heavy (non-hydrogen) atoms. The second-order valence-electron chi connectivity index (χ2n) is 8.25. The Morgan fingerprint density at radius 2 is 2.27 bits per heavy atom. The van der Waals surface area contributed by atoms with Crippen molar-refractivity contribution in [2.75, 3.05) is 6.54 Å². The van der Waals surface area contributed by atoms with E-state index in [0.29, 0.717) is 19.0 Å². The van der Waals surface area contributed by atoms with Gasteiger partial charge in [-0.15, -0.1) is 0 Å². The number of ether oxygens (including phenoxy) is 1. The van der Waals surface area contributed by atoms with E-state index in [1.807, 2.05) is 18.2 Å². The van der Waals surface area contributed by atoms with Gasteiger partial charge in [0.2, 0.25) is 0 Å². The lowest BCUT2D eigenvalue weighted by Crippen LogP contribution is -2.54. The van der Waals surface area contributed by atoms with E-state index >= 15 is 0 Å². The van der Waals surface area contributed by atoms with E-state index in [9.17, 15) is 9.90 Å². The highest BCUT2D eigenvalue weighted by Gasteiger charge is 2.59. The van der Waals surface area contributed by atoms with Crippen molar-refractivity contribution >= 4 is 5.97 Å². The first-order valence-electron chi connectivity index (χ1n) is 9.70. The Morgan fingerprint density at radius 1 is 1.42 bits per heavy atom. The highest BCUT2D eigenvalue weighted by atomic mass is 16.6. The molecule has 0 aromatic carbocycles. The molecule has 1 saturated heterocycles. The maximum atomic E-state index is 12.5. The Balaban J connectivity index is 1.50. The smallest absolute Gasteiger partial charge is 0.311 e. The summed E-state index contributed by atoms with van der Waals surface area (Å²) in [6.07, 6.45) is 6.21. The number of esters is 1. The van der Waals surface area contributed by atoms with Crippen LogP contribution in [0.15, 0.2) is 36.0 Å². The maximum absolute atomic E-state index is 12.5. The van der Waals surface area contributed by atoms with Gasteiger partial charge in [-0.1, -0.05) is 31.6 Å². The number of carbonyl (C=O) groups excluding carboxylic acids is 1. The van der Waals surface area contributed by atoms with Crippen LogP contribution in [-0.2, 0) is 16.1 Å². The number of rotatable bonds is 4. The number of aromatic nitrogens is 1. The highest BCUT2D eigenvalue weighted by molar-refractivity contribution is 5.76. The first-order chi connectivity index (χ1) is 12.5. The SMILES string of the molecule is C[C@@H]1CCC=C2C[C@H]3OC(=O)[C@@H](CNCc4ccccn4)[C@H]3[C@H](O)[C@@]21C. The normalized spacial score (nSPS) is 39.0. The van der Waals surface area contributed by atoms with Gasteiger partial charge < -0.3 is 15.2 Å². The Hall–Kier alpha value is -1.72.